The maximum atomic E-state index is 12.0. The van der Waals surface area contributed by atoms with Crippen molar-refractivity contribution in [2.45, 2.75) is 39.8 Å². The van der Waals surface area contributed by atoms with Crippen molar-refractivity contribution in [2.75, 3.05) is 13.2 Å². The van der Waals surface area contributed by atoms with Crippen molar-refractivity contribution in [3.8, 4) is 0 Å². The Morgan fingerprint density at radius 1 is 1.28 bits per heavy atom. The van der Waals surface area contributed by atoms with Gasteiger partial charge in [-0.3, -0.25) is 13.9 Å². The molecule has 0 unspecified atom stereocenters. The highest BCUT2D eigenvalue weighted by Crippen LogP contribution is 1.95. The van der Waals surface area contributed by atoms with Crippen LogP contribution in [0.25, 0.3) is 0 Å². The molecular weight excluding hydrogens is 347 g/mol. The fraction of sp³-hybridized carbons (Fsp3) is 0.667. The predicted molar refractivity (Wildman–Crippen MR) is 79.1 cm³/mol. The lowest BCUT2D eigenvalue weighted by Gasteiger charge is -2.09. The standard InChI is InChI=1S/C12H19IN2O3/c1-3-5-7-18-8-6-15-11(16)10(13)9-14(4-2)12(15)17/h9H,3-8H2,1-2H3. The molecule has 0 aromatic carbocycles. The Bertz CT molecular complexity index is 493. The lowest BCUT2D eigenvalue weighted by molar-refractivity contribution is 0.121. The maximum Gasteiger partial charge on any atom is 0.331 e. The third-order valence-electron chi connectivity index (χ3n) is 2.64. The summed E-state index contributed by atoms with van der Waals surface area (Å²) in [5, 5.41) is 0. The molecule has 0 aliphatic rings. The summed E-state index contributed by atoms with van der Waals surface area (Å²) in [6, 6.07) is 0. The van der Waals surface area contributed by atoms with Crippen LogP contribution in [-0.2, 0) is 17.8 Å². The molecule has 0 saturated carbocycles. The van der Waals surface area contributed by atoms with Gasteiger partial charge in [-0.1, -0.05) is 13.3 Å². The minimum absolute atomic E-state index is 0.232. The fourth-order valence-electron chi connectivity index (χ4n) is 1.55. The van der Waals surface area contributed by atoms with Crippen molar-refractivity contribution in [3.05, 3.63) is 30.6 Å². The molecule has 0 atom stereocenters. The molecule has 6 heteroatoms. The normalized spacial score (nSPS) is 10.8. The first-order valence-corrected chi connectivity index (χ1v) is 7.27. The predicted octanol–water partition coefficient (Wildman–Crippen LogP) is 1.45. The average Bonchev–Trinajstić information content (AvgIpc) is 2.37. The van der Waals surface area contributed by atoms with Gasteiger partial charge >= 0.3 is 5.69 Å². The molecule has 0 radical (unpaired) electrons. The number of hydrogen-bond acceptors (Lipinski definition) is 3. The van der Waals surface area contributed by atoms with Gasteiger partial charge in [0.05, 0.1) is 16.7 Å². The minimum Gasteiger partial charge on any atom is -0.380 e. The zero-order valence-corrected chi connectivity index (χ0v) is 13.0. The first-order chi connectivity index (χ1) is 8.61. The second-order valence-electron chi connectivity index (χ2n) is 3.97. The molecule has 0 amide bonds. The van der Waals surface area contributed by atoms with E-state index in [2.05, 4.69) is 6.92 Å². The number of nitrogens with zero attached hydrogens (tertiary/aromatic N) is 2. The van der Waals surface area contributed by atoms with Gasteiger partial charge < -0.3 is 4.74 Å². The molecule has 102 valence electrons. The monoisotopic (exact) mass is 366 g/mol. The van der Waals surface area contributed by atoms with E-state index in [0.29, 0.717) is 29.9 Å². The van der Waals surface area contributed by atoms with Gasteiger partial charge in [0.1, 0.15) is 0 Å². The van der Waals surface area contributed by atoms with E-state index in [1.165, 1.54) is 9.13 Å². The summed E-state index contributed by atoms with van der Waals surface area (Å²) in [4.78, 5) is 23.8. The highest BCUT2D eigenvalue weighted by molar-refractivity contribution is 14.1. The Balaban J connectivity index is 2.79. The summed E-state index contributed by atoms with van der Waals surface area (Å²) in [5.41, 5.74) is -0.494. The van der Waals surface area contributed by atoms with Crippen LogP contribution in [0.2, 0.25) is 0 Å². The number of unbranched alkanes of at least 4 members (excludes halogenated alkanes) is 1. The Hall–Kier alpha value is -0.630. The summed E-state index contributed by atoms with van der Waals surface area (Å²) >= 11 is 1.96. The number of hydrogen-bond donors (Lipinski definition) is 0. The molecule has 5 nitrogen and oxygen atoms in total. The molecule has 0 fully saturated rings. The highest BCUT2D eigenvalue weighted by atomic mass is 127. The number of ether oxygens (including phenoxy) is 1. The molecule has 1 rings (SSSR count). The van der Waals surface area contributed by atoms with Gasteiger partial charge in [-0.05, 0) is 35.9 Å². The molecule has 0 saturated heterocycles. The lowest BCUT2D eigenvalue weighted by Crippen LogP contribution is -2.41. The Morgan fingerprint density at radius 2 is 2.00 bits per heavy atom. The van der Waals surface area contributed by atoms with Crippen molar-refractivity contribution in [2.24, 2.45) is 0 Å². The Morgan fingerprint density at radius 3 is 2.61 bits per heavy atom. The molecule has 0 aliphatic carbocycles. The molecule has 0 bridgehead atoms. The minimum atomic E-state index is -0.262. The van der Waals surface area contributed by atoms with E-state index >= 15 is 0 Å². The first kappa shape index (κ1) is 15.4. The van der Waals surface area contributed by atoms with Crippen LogP contribution < -0.4 is 11.2 Å². The van der Waals surface area contributed by atoms with Gasteiger partial charge in [-0.15, -0.1) is 0 Å². The lowest BCUT2D eigenvalue weighted by atomic mass is 10.4. The van der Waals surface area contributed by atoms with Crippen LogP contribution in [0.15, 0.2) is 15.8 Å². The van der Waals surface area contributed by atoms with Crippen LogP contribution >= 0.6 is 22.6 Å². The van der Waals surface area contributed by atoms with E-state index in [1.807, 2.05) is 29.5 Å². The molecule has 0 aliphatic heterocycles. The molecule has 1 aromatic heterocycles. The zero-order chi connectivity index (χ0) is 13.5. The van der Waals surface area contributed by atoms with Crippen LogP contribution in [0, 0.1) is 3.57 Å². The van der Waals surface area contributed by atoms with Crippen molar-refractivity contribution in [3.63, 3.8) is 0 Å². The topological polar surface area (TPSA) is 53.2 Å². The van der Waals surface area contributed by atoms with Crippen LogP contribution in [0.4, 0.5) is 0 Å². The van der Waals surface area contributed by atoms with Crippen molar-refractivity contribution in [1.82, 2.24) is 9.13 Å². The molecule has 18 heavy (non-hydrogen) atoms. The summed E-state index contributed by atoms with van der Waals surface area (Å²) < 4.78 is 8.73. The van der Waals surface area contributed by atoms with Gasteiger partial charge in [0, 0.05) is 19.3 Å². The second kappa shape index (κ2) is 7.73. The van der Waals surface area contributed by atoms with Gasteiger partial charge in [0.15, 0.2) is 0 Å². The second-order valence-corrected chi connectivity index (χ2v) is 5.13. The number of rotatable bonds is 7. The maximum absolute atomic E-state index is 12.0. The zero-order valence-electron chi connectivity index (χ0n) is 10.8. The van der Waals surface area contributed by atoms with Crippen LogP contribution in [0.5, 0.6) is 0 Å². The largest absolute Gasteiger partial charge is 0.380 e. The highest BCUT2D eigenvalue weighted by Gasteiger charge is 2.08. The third-order valence-corrected chi connectivity index (χ3v) is 3.38. The van der Waals surface area contributed by atoms with Crippen LogP contribution in [0.1, 0.15) is 26.7 Å². The van der Waals surface area contributed by atoms with E-state index in [4.69, 9.17) is 4.74 Å². The third kappa shape index (κ3) is 3.94. The molecule has 0 N–H and O–H groups in total. The van der Waals surface area contributed by atoms with E-state index in [0.717, 1.165) is 12.8 Å². The van der Waals surface area contributed by atoms with E-state index < -0.39 is 0 Å². The molecule has 0 spiro atoms. The smallest absolute Gasteiger partial charge is 0.331 e. The molecule has 1 aromatic rings. The summed E-state index contributed by atoms with van der Waals surface area (Å²) in [6.07, 6.45) is 3.67. The van der Waals surface area contributed by atoms with E-state index in [-0.39, 0.29) is 11.2 Å². The summed E-state index contributed by atoms with van der Waals surface area (Å²) in [6.45, 7) is 5.93. The Labute approximate surface area is 120 Å². The van der Waals surface area contributed by atoms with Crippen molar-refractivity contribution in [1.29, 1.82) is 0 Å². The van der Waals surface area contributed by atoms with Crippen LogP contribution in [0.3, 0.4) is 0 Å². The van der Waals surface area contributed by atoms with E-state index in [9.17, 15) is 9.59 Å². The van der Waals surface area contributed by atoms with Crippen molar-refractivity contribution >= 4 is 22.6 Å². The fourth-order valence-corrected chi connectivity index (χ4v) is 2.17. The SMILES string of the molecule is CCCCOCCn1c(=O)c(I)cn(CC)c1=O. The number of aryl methyl sites for hydroxylation is 1. The average molecular weight is 366 g/mol. The van der Waals surface area contributed by atoms with Gasteiger partial charge in [0.2, 0.25) is 0 Å². The van der Waals surface area contributed by atoms with Gasteiger partial charge in [0.25, 0.3) is 5.56 Å². The molecule has 1 heterocycles. The summed E-state index contributed by atoms with van der Waals surface area (Å²) in [5.74, 6) is 0. The quantitative estimate of drug-likeness (QED) is 0.542. The number of halogens is 1. The molecular formula is C12H19IN2O3. The number of aromatic nitrogens is 2. The van der Waals surface area contributed by atoms with Crippen LogP contribution in [-0.4, -0.2) is 22.3 Å². The van der Waals surface area contributed by atoms with Crippen molar-refractivity contribution < 1.29 is 4.74 Å². The van der Waals surface area contributed by atoms with Gasteiger partial charge in [-0.25, -0.2) is 4.79 Å². The Kier molecular flexibility index (Phi) is 6.62. The first-order valence-electron chi connectivity index (χ1n) is 6.19. The van der Waals surface area contributed by atoms with Gasteiger partial charge in [-0.2, -0.15) is 0 Å². The van der Waals surface area contributed by atoms with E-state index in [1.54, 1.807) is 6.20 Å². The summed E-state index contributed by atoms with van der Waals surface area (Å²) in [7, 11) is 0.